The van der Waals surface area contributed by atoms with Gasteiger partial charge in [0.15, 0.2) is 17.1 Å². The summed E-state index contributed by atoms with van der Waals surface area (Å²) in [6.07, 6.45) is 0.733. The van der Waals surface area contributed by atoms with Crippen molar-refractivity contribution in [2.24, 2.45) is 0 Å². The molecule has 34 heavy (non-hydrogen) atoms. The van der Waals surface area contributed by atoms with Gasteiger partial charge in [-0.2, -0.15) is 4.52 Å². The molecule has 5 aromatic rings. The molecule has 0 atom stereocenters. The molecule has 0 bridgehead atoms. The van der Waals surface area contributed by atoms with Gasteiger partial charge < -0.3 is 14.8 Å². The molecule has 0 unspecified atom stereocenters. The van der Waals surface area contributed by atoms with Gasteiger partial charge in [-0.15, -0.1) is 5.10 Å². The number of rotatable bonds is 7. The van der Waals surface area contributed by atoms with Crippen molar-refractivity contribution in [1.82, 2.24) is 19.8 Å². The number of anilines is 1. The molecule has 3 aromatic carbocycles. The molecule has 2 aromatic heterocycles. The number of benzene rings is 3. The SMILES string of the molecule is COc1ccc(CCNc2nc3c(-c4cccc(F)c4)nnn3c3cc(Cl)ccc23)cc1OC. The Morgan fingerprint density at radius 2 is 1.85 bits per heavy atom. The molecule has 0 saturated carbocycles. The third-order valence-corrected chi connectivity index (χ3v) is 5.79. The molecule has 0 radical (unpaired) electrons. The van der Waals surface area contributed by atoms with Gasteiger partial charge in [0.05, 0.1) is 19.7 Å². The van der Waals surface area contributed by atoms with E-state index in [2.05, 4.69) is 15.6 Å². The van der Waals surface area contributed by atoms with E-state index in [4.69, 9.17) is 26.1 Å². The van der Waals surface area contributed by atoms with Crippen molar-refractivity contribution < 1.29 is 13.9 Å². The van der Waals surface area contributed by atoms with E-state index in [-0.39, 0.29) is 5.82 Å². The lowest BCUT2D eigenvalue weighted by Gasteiger charge is -2.12. The van der Waals surface area contributed by atoms with Crippen LogP contribution in [0.5, 0.6) is 11.5 Å². The van der Waals surface area contributed by atoms with Gasteiger partial charge in [0.2, 0.25) is 0 Å². The smallest absolute Gasteiger partial charge is 0.186 e. The van der Waals surface area contributed by atoms with Crippen molar-refractivity contribution in [3.8, 4) is 22.8 Å². The summed E-state index contributed by atoms with van der Waals surface area (Å²) in [5.41, 5.74) is 3.43. The van der Waals surface area contributed by atoms with Crippen molar-refractivity contribution >= 4 is 34.0 Å². The summed E-state index contributed by atoms with van der Waals surface area (Å²) in [5, 5.41) is 13.4. The maximum absolute atomic E-state index is 13.9. The van der Waals surface area contributed by atoms with Crippen LogP contribution in [0.3, 0.4) is 0 Å². The Labute approximate surface area is 200 Å². The molecule has 5 rings (SSSR count). The average molecular weight is 478 g/mol. The first-order valence-corrected chi connectivity index (χ1v) is 11.0. The van der Waals surface area contributed by atoms with Gasteiger partial charge in [-0.1, -0.05) is 35.0 Å². The number of hydrogen-bond acceptors (Lipinski definition) is 6. The largest absolute Gasteiger partial charge is 0.493 e. The van der Waals surface area contributed by atoms with Crippen molar-refractivity contribution in [3.05, 3.63) is 77.1 Å². The van der Waals surface area contributed by atoms with Crippen LogP contribution in [0.15, 0.2) is 60.7 Å². The summed E-state index contributed by atoms with van der Waals surface area (Å²) < 4.78 is 26.2. The van der Waals surface area contributed by atoms with Crippen LogP contribution < -0.4 is 14.8 Å². The van der Waals surface area contributed by atoms with E-state index in [0.29, 0.717) is 45.8 Å². The predicted octanol–water partition coefficient (Wildman–Crippen LogP) is 5.41. The molecule has 2 heterocycles. The third-order valence-electron chi connectivity index (χ3n) is 5.56. The fraction of sp³-hybridized carbons (Fsp3) is 0.160. The van der Waals surface area contributed by atoms with Gasteiger partial charge in [-0.25, -0.2) is 9.37 Å². The minimum Gasteiger partial charge on any atom is -0.493 e. The second-order valence-electron chi connectivity index (χ2n) is 7.67. The predicted molar refractivity (Wildman–Crippen MR) is 130 cm³/mol. The maximum atomic E-state index is 13.9. The van der Waals surface area contributed by atoms with Crippen LogP contribution in [0.2, 0.25) is 5.02 Å². The molecule has 0 fully saturated rings. The van der Waals surface area contributed by atoms with Crippen LogP contribution >= 0.6 is 11.6 Å². The van der Waals surface area contributed by atoms with Gasteiger partial charge in [-0.05, 0) is 54.4 Å². The number of nitrogens with zero attached hydrogens (tertiary/aromatic N) is 4. The third kappa shape index (κ3) is 4.08. The molecule has 7 nitrogen and oxygen atoms in total. The van der Waals surface area contributed by atoms with E-state index in [9.17, 15) is 4.39 Å². The molecule has 0 saturated heterocycles. The Morgan fingerprint density at radius 1 is 1.00 bits per heavy atom. The molecule has 0 aliphatic carbocycles. The lowest BCUT2D eigenvalue weighted by molar-refractivity contribution is 0.354. The zero-order valence-electron chi connectivity index (χ0n) is 18.5. The van der Waals surface area contributed by atoms with Gasteiger partial charge in [-0.3, -0.25) is 0 Å². The van der Waals surface area contributed by atoms with E-state index >= 15 is 0 Å². The monoisotopic (exact) mass is 477 g/mol. The second kappa shape index (κ2) is 9.15. The number of hydrogen-bond donors (Lipinski definition) is 1. The molecule has 9 heteroatoms. The van der Waals surface area contributed by atoms with Crippen LogP contribution in [0, 0.1) is 5.82 Å². The molecule has 0 aliphatic rings. The first-order chi connectivity index (χ1) is 16.6. The Kier molecular flexibility index (Phi) is 5.90. The van der Waals surface area contributed by atoms with Crippen LogP contribution in [0.1, 0.15) is 5.56 Å². The summed E-state index contributed by atoms with van der Waals surface area (Å²) in [7, 11) is 3.23. The topological polar surface area (TPSA) is 73.6 Å². The highest BCUT2D eigenvalue weighted by Crippen LogP contribution is 2.31. The average Bonchev–Trinajstić information content (AvgIpc) is 3.28. The van der Waals surface area contributed by atoms with Crippen molar-refractivity contribution in [1.29, 1.82) is 0 Å². The molecular formula is C25H21ClFN5O2. The van der Waals surface area contributed by atoms with E-state index in [1.54, 1.807) is 36.9 Å². The van der Waals surface area contributed by atoms with Crippen molar-refractivity contribution in [2.75, 3.05) is 26.1 Å². The van der Waals surface area contributed by atoms with E-state index in [1.165, 1.54) is 12.1 Å². The number of nitrogens with one attached hydrogen (secondary N) is 1. The molecular weight excluding hydrogens is 457 g/mol. The Bertz CT molecular complexity index is 1500. The highest BCUT2D eigenvalue weighted by atomic mass is 35.5. The minimum atomic E-state index is -0.351. The lowest BCUT2D eigenvalue weighted by Crippen LogP contribution is -2.08. The molecule has 0 aliphatic heterocycles. The highest BCUT2D eigenvalue weighted by molar-refractivity contribution is 6.31. The van der Waals surface area contributed by atoms with Gasteiger partial charge in [0, 0.05) is 22.5 Å². The van der Waals surface area contributed by atoms with E-state index < -0.39 is 0 Å². The Balaban J connectivity index is 1.51. The number of aromatic nitrogens is 4. The van der Waals surface area contributed by atoms with Crippen molar-refractivity contribution in [3.63, 3.8) is 0 Å². The Hall–Kier alpha value is -3.91. The lowest BCUT2D eigenvalue weighted by atomic mass is 10.1. The molecule has 0 spiro atoms. The summed E-state index contributed by atoms with van der Waals surface area (Å²) in [4.78, 5) is 4.81. The van der Waals surface area contributed by atoms with Crippen LogP contribution in [0.25, 0.3) is 27.8 Å². The number of ether oxygens (including phenoxy) is 2. The zero-order valence-corrected chi connectivity index (χ0v) is 19.3. The summed E-state index contributed by atoms with van der Waals surface area (Å²) >= 11 is 6.28. The van der Waals surface area contributed by atoms with Gasteiger partial charge in [0.25, 0.3) is 0 Å². The number of fused-ring (bicyclic) bond motifs is 3. The summed E-state index contributed by atoms with van der Waals surface area (Å²) in [6, 6.07) is 17.6. The maximum Gasteiger partial charge on any atom is 0.186 e. The standard InChI is InChI=1S/C25H21ClFN5O2/c1-33-21-9-6-15(12-22(21)34-2)10-11-28-24-19-8-7-17(26)14-20(19)32-25(29-24)23(30-31-32)16-4-3-5-18(27)13-16/h3-9,12-14H,10-11H2,1-2H3,(H,28,29). The number of methoxy groups -OCH3 is 2. The van der Waals surface area contributed by atoms with E-state index in [0.717, 1.165) is 22.9 Å². The summed E-state index contributed by atoms with van der Waals surface area (Å²) in [6.45, 7) is 0.618. The van der Waals surface area contributed by atoms with Gasteiger partial charge in [0.1, 0.15) is 17.3 Å². The highest BCUT2D eigenvalue weighted by Gasteiger charge is 2.16. The van der Waals surface area contributed by atoms with E-state index in [1.807, 2.05) is 30.3 Å². The molecule has 172 valence electrons. The second-order valence-corrected chi connectivity index (χ2v) is 8.11. The number of halogens is 2. The molecule has 1 N–H and O–H groups in total. The van der Waals surface area contributed by atoms with Gasteiger partial charge >= 0.3 is 0 Å². The normalized spacial score (nSPS) is 11.2. The first-order valence-electron chi connectivity index (χ1n) is 10.6. The zero-order chi connectivity index (χ0) is 23.7. The van der Waals surface area contributed by atoms with Crippen molar-refractivity contribution in [2.45, 2.75) is 6.42 Å². The minimum absolute atomic E-state index is 0.351. The van der Waals surface area contributed by atoms with Crippen LogP contribution in [-0.4, -0.2) is 40.6 Å². The fourth-order valence-electron chi connectivity index (χ4n) is 3.90. The fourth-order valence-corrected chi connectivity index (χ4v) is 4.07. The Morgan fingerprint density at radius 3 is 2.65 bits per heavy atom. The van der Waals surface area contributed by atoms with Crippen LogP contribution in [0.4, 0.5) is 10.2 Å². The van der Waals surface area contributed by atoms with Crippen LogP contribution in [-0.2, 0) is 6.42 Å². The quantitative estimate of drug-likeness (QED) is 0.338. The summed E-state index contributed by atoms with van der Waals surface area (Å²) in [5.74, 6) is 1.69. The first kappa shape index (κ1) is 21.9. The molecule has 0 amide bonds.